The first-order valence-corrected chi connectivity index (χ1v) is 9.30. The van der Waals surface area contributed by atoms with Crippen LogP contribution in [0.3, 0.4) is 0 Å². The van der Waals surface area contributed by atoms with Gasteiger partial charge in [-0.3, -0.25) is 0 Å². The zero-order chi connectivity index (χ0) is 18.8. The van der Waals surface area contributed by atoms with Crippen molar-refractivity contribution in [2.45, 2.75) is 0 Å². The van der Waals surface area contributed by atoms with Gasteiger partial charge in [0.2, 0.25) is 5.95 Å². The van der Waals surface area contributed by atoms with E-state index in [2.05, 4.69) is 54.0 Å². The second kappa shape index (κ2) is 7.19. The third-order valence-corrected chi connectivity index (χ3v) is 5.02. The molecule has 7 heteroatoms. The van der Waals surface area contributed by atoms with Crippen LogP contribution in [0.4, 0.5) is 11.8 Å². The Balaban J connectivity index is 1.43. The van der Waals surface area contributed by atoms with E-state index in [1.165, 1.54) is 0 Å². The number of fused-ring (bicyclic) bond motifs is 1. The molecule has 4 heterocycles. The van der Waals surface area contributed by atoms with Crippen LogP contribution in [0, 0.1) is 0 Å². The van der Waals surface area contributed by atoms with E-state index >= 15 is 0 Å². The van der Waals surface area contributed by atoms with Crippen molar-refractivity contribution in [3.8, 4) is 11.1 Å². The lowest BCUT2D eigenvalue weighted by atomic mass is 10.0. The molecule has 7 nitrogen and oxygen atoms in total. The molecule has 1 aliphatic rings. The highest BCUT2D eigenvalue weighted by molar-refractivity contribution is 5.94. The van der Waals surface area contributed by atoms with Gasteiger partial charge < -0.3 is 9.80 Å². The predicted octanol–water partition coefficient (Wildman–Crippen LogP) is 2.81. The van der Waals surface area contributed by atoms with E-state index in [1.54, 1.807) is 18.7 Å². The first kappa shape index (κ1) is 16.6. The molecule has 4 aromatic rings. The number of pyridine rings is 1. The summed E-state index contributed by atoms with van der Waals surface area (Å²) in [6.07, 6.45) is 8.77. The van der Waals surface area contributed by atoms with E-state index in [0.29, 0.717) is 0 Å². The molecule has 1 aliphatic heterocycles. The maximum absolute atomic E-state index is 4.99. The number of nitrogens with zero attached hydrogens (tertiary/aromatic N) is 7. The zero-order valence-electron chi connectivity index (χ0n) is 15.3. The Hall–Kier alpha value is -3.61. The quantitative estimate of drug-likeness (QED) is 0.550. The highest BCUT2D eigenvalue weighted by Gasteiger charge is 2.20. The fourth-order valence-corrected chi connectivity index (χ4v) is 3.57. The molecule has 0 unspecified atom stereocenters. The SMILES string of the molecule is c1cnc(N2CCN(c3ccc4cccc(-c5cncnc5)c4n3)CC2)nc1. The second-order valence-electron chi connectivity index (χ2n) is 6.70. The molecule has 5 rings (SSSR count). The Kier molecular flexibility index (Phi) is 4.25. The molecule has 1 saturated heterocycles. The van der Waals surface area contributed by atoms with Crippen LogP contribution in [-0.4, -0.2) is 51.1 Å². The fourth-order valence-electron chi connectivity index (χ4n) is 3.57. The maximum Gasteiger partial charge on any atom is 0.225 e. The summed E-state index contributed by atoms with van der Waals surface area (Å²) in [5, 5.41) is 1.11. The summed E-state index contributed by atoms with van der Waals surface area (Å²) < 4.78 is 0. The molecule has 0 aliphatic carbocycles. The Morgan fingerprint density at radius 2 is 1.50 bits per heavy atom. The molecule has 1 aromatic carbocycles. The normalized spacial score (nSPS) is 14.4. The van der Waals surface area contributed by atoms with E-state index < -0.39 is 0 Å². The fraction of sp³-hybridized carbons (Fsp3) is 0.190. The van der Waals surface area contributed by atoms with Gasteiger partial charge in [-0.25, -0.2) is 24.9 Å². The van der Waals surface area contributed by atoms with Crippen molar-refractivity contribution < 1.29 is 0 Å². The van der Waals surface area contributed by atoms with E-state index in [-0.39, 0.29) is 0 Å². The number of piperazine rings is 1. The van der Waals surface area contributed by atoms with Crippen molar-refractivity contribution in [3.05, 3.63) is 67.5 Å². The van der Waals surface area contributed by atoms with Crippen LogP contribution in [0.5, 0.6) is 0 Å². The standard InChI is InChI=1S/C21H19N7/c1-3-16-5-6-19(26-20(16)18(4-1)17-13-22-15-23-14-17)27-9-11-28(12-10-27)21-24-7-2-8-25-21/h1-8,13-15H,9-12H2. The molecule has 0 radical (unpaired) electrons. The summed E-state index contributed by atoms with van der Waals surface area (Å²) in [6.45, 7) is 3.51. The zero-order valence-corrected chi connectivity index (χ0v) is 15.3. The molecule has 0 amide bonds. The van der Waals surface area contributed by atoms with Crippen LogP contribution in [0.25, 0.3) is 22.0 Å². The van der Waals surface area contributed by atoms with Gasteiger partial charge in [-0.2, -0.15) is 0 Å². The van der Waals surface area contributed by atoms with Gasteiger partial charge in [0.05, 0.1) is 5.52 Å². The molecule has 0 saturated carbocycles. The molecule has 28 heavy (non-hydrogen) atoms. The summed E-state index contributed by atoms with van der Waals surface area (Å²) in [5.74, 6) is 1.78. The van der Waals surface area contributed by atoms with Gasteiger partial charge in [0.25, 0.3) is 0 Å². The summed E-state index contributed by atoms with van der Waals surface area (Å²) in [4.78, 5) is 26.5. The molecule has 1 fully saturated rings. The number of hydrogen-bond donors (Lipinski definition) is 0. The molecule has 0 spiro atoms. The molecule has 0 bridgehead atoms. The van der Waals surface area contributed by atoms with Crippen molar-refractivity contribution in [1.82, 2.24) is 24.9 Å². The molecule has 0 N–H and O–H groups in total. The number of anilines is 2. The van der Waals surface area contributed by atoms with Gasteiger partial charge in [0.15, 0.2) is 0 Å². The lowest BCUT2D eigenvalue weighted by Crippen LogP contribution is -2.47. The Morgan fingerprint density at radius 3 is 2.29 bits per heavy atom. The average molecular weight is 369 g/mol. The number of benzene rings is 1. The van der Waals surface area contributed by atoms with Crippen molar-refractivity contribution in [3.63, 3.8) is 0 Å². The van der Waals surface area contributed by atoms with Gasteiger partial charge >= 0.3 is 0 Å². The van der Waals surface area contributed by atoms with E-state index in [9.17, 15) is 0 Å². The summed E-state index contributed by atoms with van der Waals surface area (Å²) in [6, 6.07) is 12.3. The Bertz CT molecular complexity index is 1080. The Morgan fingerprint density at radius 1 is 0.750 bits per heavy atom. The van der Waals surface area contributed by atoms with Crippen molar-refractivity contribution in [1.29, 1.82) is 0 Å². The first-order valence-electron chi connectivity index (χ1n) is 9.30. The number of aromatic nitrogens is 5. The highest BCUT2D eigenvalue weighted by atomic mass is 15.3. The number of rotatable bonds is 3. The van der Waals surface area contributed by atoms with Crippen LogP contribution in [0.1, 0.15) is 0 Å². The van der Waals surface area contributed by atoms with Crippen LogP contribution in [0.2, 0.25) is 0 Å². The minimum atomic E-state index is 0.792. The van der Waals surface area contributed by atoms with E-state index in [0.717, 1.165) is 60.0 Å². The molecule has 3 aromatic heterocycles. The molecule has 138 valence electrons. The maximum atomic E-state index is 4.99. The lowest BCUT2D eigenvalue weighted by molar-refractivity contribution is 0.635. The monoisotopic (exact) mass is 369 g/mol. The topological polar surface area (TPSA) is 70.9 Å². The minimum absolute atomic E-state index is 0.792. The number of hydrogen-bond acceptors (Lipinski definition) is 7. The average Bonchev–Trinajstić information content (AvgIpc) is 2.79. The van der Waals surface area contributed by atoms with E-state index in [1.807, 2.05) is 24.5 Å². The summed E-state index contributed by atoms with van der Waals surface area (Å²) in [5.41, 5.74) is 3.00. The van der Waals surface area contributed by atoms with Gasteiger partial charge in [0.1, 0.15) is 12.1 Å². The summed E-state index contributed by atoms with van der Waals surface area (Å²) in [7, 11) is 0. The van der Waals surface area contributed by atoms with Gasteiger partial charge in [0, 0.05) is 67.5 Å². The van der Waals surface area contributed by atoms with Crippen LogP contribution < -0.4 is 9.80 Å². The van der Waals surface area contributed by atoms with Crippen molar-refractivity contribution in [2.75, 3.05) is 36.0 Å². The first-order chi connectivity index (χ1) is 13.9. The van der Waals surface area contributed by atoms with Crippen LogP contribution >= 0.6 is 0 Å². The molecule has 0 atom stereocenters. The number of para-hydroxylation sites is 1. The minimum Gasteiger partial charge on any atom is -0.353 e. The van der Waals surface area contributed by atoms with E-state index in [4.69, 9.17) is 4.98 Å². The Labute approximate surface area is 162 Å². The predicted molar refractivity (Wildman–Crippen MR) is 109 cm³/mol. The second-order valence-corrected chi connectivity index (χ2v) is 6.70. The molecular weight excluding hydrogens is 350 g/mol. The molecular formula is C21H19N7. The third kappa shape index (κ3) is 3.11. The van der Waals surface area contributed by atoms with Gasteiger partial charge in [-0.1, -0.05) is 18.2 Å². The largest absolute Gasteiger partial charge is 0.353 e. The lowest BCUT2D eigenvalue weighted by Gasteiger charge is -2.35. The third-order valence-electron chi connectivity index (χ3n) is 5.02. The smallest absolute Gasteiger partial charge is 0.225 e. The van der Waals surface area contributed by atoms with Crippen LogP contribution in [-0.2, 0) is 0 Å². The van der Waals surface area contributed by atoms with Gasteiger partial charge in [-0.05, 0) is 18.2 Å². The van der Waals surface area contributed by atoms with Gasteiger partial charge in [-0.15, -0.1) is 0 Å². The van der Waals surface area contributed by atoms with Crippen LogP contribution in [0.15, 0.2) is 67.5 Å². The van der Waals surface area contributed by atoms with Crippen molar-refractivity contribution >= 4 is 22.7 Å². The van der Waals surface area contributed by atoms with Crippen molar-refractivity contribution in [2.24, 2.45) is 0 Å². The summed E-state index contributed by atoms with van der Waals surface area (Å²) >= 11 is 0. The highest BCUT2D eigenvalue weighted by Crippen LogP contribution is 2.28.